The molecule has 0 amide bonds. The lowest BCUT2D eigenvalue weighted by Gasteiger charge is -2.10. The Labute approximate surface area is 181 Å². The molecule has 0 atom stereocenters. The van der Waals surface area contributed by atoms with Gasteiger partial charge >= 0.3 is 6.36 Å². The summed E-state index contributed by atoms with van der Waals surface area (Å²) >= 11 is 0. The molecule has 0 radical (unpaired) electrons. The summed E-state index contributed by atoms with van der Waals surface area (Å²) < 4.78 is 48.3. The van der Waals surface area contributed by atoms with Gasteiger partial charge in [0, 0.05) is 22.5 Å². The molecule has 0 unspecified atom stereocenters. The summed E-state index contributed by atoms with van der Waals surface area (Å²) in [4.78, 5) is 1.92. The number of benzene rings is 2. The van der Waals surface area contributed by atoms with E-state index in [-0.39, 0.29) is 18.2 Å². The van der Waals surface area contributed by atoms with Crippen molar-refractivity contribution < 1.29 is 27.4 Å². The lowest BCUT2D eigenvalue weighted by atomic mass is 10.1. The van der Waals surface area contributed by atoms with Crippen LogP contribution in [0.5, 0.6) is 11.6 Å². The van der Waals surface area contributed by atoms with Gasteiger partial charge in [0.25, 0.3) is 0 Å². The van der Waals surface area contributed by atoms with E-state index in [4.69, 9.17) is 4.42 Å². The molecule has 2 aromatic carbocycles. The number of rotatable bonds is 6. The average Bonchev–Trinajstić information content (AvgIpc) is 3.26. The van der Waals surface area contributed by atoms with E-state index in [0.29, 0.717) is 29.3 Å². The average molecular weight is 446 g/mol. The monoisotopic (exact) mass is 446 g/mol. The van der Waals surface area contributed by atoms with Gasteiger partial charge in [-0.25, -0.2) is 0 Å². The Hall–Kier alpha value is -3.53. The number of fused-ring (bicyclic) bond motifs is 1. The molecule has 0 spiro atoms. The number of alkyl halides is 3. The van der Waals surface area contributed by atoms with Gasteiger partial charge in [-0.2, -0.15) is 0 Å². The predicted molar refractivity (Wildman–Crippen MR) is 111 cm³/mol. The third kappa shape index (κ3) is 4.70. The van der Waals surface area contributed by atoms with Crippen LogP contribution in [0.25, 0.3) is 22.2 Å². The topological polar surface area (TPSA) is 76.6 Å². The number of hydrogen-bond donors (Lipinski definition) is 1. The van der Waals surface area contributed by atoms with Gasteiger partial charge in [-0.1, -0.05) is 12.1 Å². The second-order valence-electron chi connectivity index (χ2n) is 7.77. The van der Waals surface area contributed by atoms with Crippen molar-refractivity contribution in [1.82, 2.24) is 19.7 Å². The first-order valence-corrected chi connectivity index (χ1v) is 9.73. The molecule has 0 fully saturated rings. The van der Waals surface area contributed by atoms with E-state index in [1.54, 1.807) is 10.8 Å². The minimum atomic E-state index is -4.74. The molecule has 0 aliphatic heterocycles. The number of aryl methyl sites for hydroxylation is 1. The van der Waals surface area contributed by atoms with Crippen molar-refractivity contribution in [3.8, 4) is 23.1 Å². The van der Waals surface area contributed by atoms with Gasteiger partial charge in [-0.3, -0.25) is 0 Å². The molecule has 4 rings (SSSR count). The highest BCUT2D eigenvalue weighted by Crippen LogP contribution is 2.34. The van der Waals surface area contributed by atoms with E-state index in [1.807, 2.05) is 38.1 Å². The SMILES string of the molecule is Cc1cc(-c2nnc(CN(C)C)o2)cc2cn(Cc3ccc(OC(F)(F)F)cc3)c(O)c12. The highest BCUT2D eigenvalue weighted by Gasteiger charge is 2.31. The summed E-state index contributed by atoms with van der Waals surface area (Å²) in [5.41, 5.74) is 2.27. The second kappa shape index (κ2) is 8.19. The van der Waals surface area contributed by atoms with Crippen molar-refractivity contribution in [3.63, 3.8) is 0 Å². The van der Waals surface area contributed by atoms with Crippen molar-refractivity contribution in [3.05, 3.63) is 59.6 Å². The highest BCUT2D eigenvalue weighted by molar-refractivity contribution is 5.93. The van der Waals surface area contributed by atoms with Gasteiger partial charge in [-0.15, -0.1) is 23.4 Å². The number of hydrogen-bond acceptors (Lipinski definition) is 6. The van der Waals surface area contributed by atoms with Gasteiger partial charge in [0.15, 0.2) is 5.88 Å². The van der Waals surface area contributed by atoms with Crippen LogP contribution in [0.3, 0.4) is 0 Å². The normalized spacial score (nSPS) is 12.1. The van der Waals surface area contributed by atoms with Crippen molar-refractivity contribution in [2.75, 3.05) is 14.1 Å². The fourth-order valence-corrected chi connectivity index (χ4v) is 3.54. The summed E-state index contributed by atoms with van der Waals surface area (Å²) in [6, 6.07) is 9.25. The van der Waals surface area contributed by atoms with Gasteiger partial charge in [0.05, 0.1) is 13.1 Å². The zero-order valence-corrected chi connectivity index (χ0v) is 17.6. The van der Waals surface area contributed by atoms with Crippen LogP contribution < -0.4 is 4.74 Å². The van der Waals surface area contributed by atoms with Crippen molar-refractivity contribution in [1.29, 1.82) is 0 Å². The molecule has 2 aromatic heterocycles. The minimum Gasteiger partial charge on any atom is -0.494 e. The molecule has 0 saturated heterocycles. The van der Waals surface area contributed by atoms with Crippen LogP contribution in [-0.2, 0) is 13.1 Å². The maximum Gasteiger partial charge on any atom is 0.573 e. The van der Waals surface area contributed by atoms with Crippen LogP contribution in [-0.4, -0.2) is 45.2 Å². The van der Waals surface area contributed by atoms with Gasteiger partial charge in [0.1, 0.15) is 5.75 Å². The molecular formula is C22H21F3N4O3. The van der Waals surface area contributed by atoms with E-state index in [9.17, 15) is 18.3 Å². The number of halogens is 3. The van der Waals surface area contributed by atoms with Crippen molar-refractivity contribution in [2.45, 2.75) is 26.4 Å². The molecule has 1 N–H and O–H groups in total. The third-order valence-corrected chi connectivity index (χ3v) is 4.83. The van der Waals surface area contributed by atoms with Crippen LogP contribution in [0.1, 0.15) is 17.0 Å². The molecule has 7 nitrogen and oxygen atoms in total. The predicted octanol–water partition coefficient (Wildman–Crippen LogP) is 4.71. The van der Waals surface area contributed by atoms with Crippen molar-refractivity contribution >= 4 is 10.8 Å². The Morgan fingerprint density at radius 1 is 1.12 bits per heavy atom. The molecule has 10 heteroatoms. The number of aromatic hydroxyl groups is 1. The van der Waals surface area contributed by atoms with Gasteiger partial charge in [-0.05, 0) is 56.4 Å². The summed E-state index contributed by atoms with van der Waals surface area (Å²) in [7, 11) is 3.81. The lowest BCUT2D eigenvalue weighted by Crippen LogP contribution is -2.17. The van der Waals surface area contributed by atoms with Crippen LogP contribution in [0, 0.1) is 6.92 Å². The first-order valence-electron chi connectivity index (χ1n) is 9.73. The molecule has 4 aromatic rings. The van der Waals surface area contributed by atoms with Crippen LogP contribution >= 0.6 is 0 Å². The Kier molecular flexibility index (Phi) is 5.55. The first kappa shape index (κ1) is 21.7. The maximum absolute atomic E-state index is 12.3. The Morgan fingerprint density at radius 2 is 1.84 bits per heavy atom. The van der Waals surface area contributed by atoms with Crippen molar-refractivity contribution in [2.24, 2.45) is 0 Å². The maximum atomic E-state index is 12.3. The van der Waals surface area contributed by atoms with E-state index >= 15 is 0 Å². The van der Waals surface area contributed by atoms with Crippen LogP contribution in [0.4, 0.5) is 13.2 Å². The van der Waals surface area contributed by atoms with Crippen LogP contribution in [0.15, 0.2) is 47.0 Å². The molecule has 0 bridgehead atoms. The summed E-state index contributed by atoms with van der Waals surface area (Å²) in [6.45, 7) is 2.67. The first-order chi connectivity index (χ1) is 15.1. The molecular weight excluding hydrogens is 425 g/mol. The molecule has 168 valence electrons. The Bertz CT molecular complexity index is 1240. The fourth-order valence-electron chi connectivity index (χ4n) is 3.54. The fraction of sp³-hybridized carbons (Fsp3) is 0.273. The third-order valence-electron chi connectivity index (χ3n) is 4.83. The minimum absolute atomic E-state index is 0.0680. The standard InChI is InChI=1S/C22H21F3N4O3/c1-13-8-15(20-27-26-18(31-20)12-28(2)3)9-16-11-29(21(30)19(13)16)10-14-4-6-17(7-5-14)32-22(23,24)25/h4-9,11,30H,10,12H2,1-3H3. The summed E-state index contributed by atoms with van der Waals surface area (Å²) in [6.07, 6.45) is -2.96. The second-order valence-corrected chi connectivity index (χ2v) is 7.77. The van der Waals surface area contributed by atoms with E-state index in [2.05, 4.69) is 14.9 Å². The number of aromatic nitrogens is 3. The van der Waals surface area contributed by atoms with Gasteiger partial charge < -0.3 is 23.7 Å². The lowest BCUT2D eigenvalue weighted by molar-refractivity contribution is -0.274. The number of ether oxygens (including phenoxy) is 1. The zero-order chi connectivity index (χ0) is 23.0. The zero-order valence-electron chi connectivity index (χ0n) is 17.6. The quantitative estimate of drug-likeness (QED) is 0.462. The Morgan fingerprint density at radius 3 is 2.50 bits per heavy atom. The van der Waals surface area contributed by atoms with E-state index in [1.165, 1.54) is 24.3 Å². The molecule has 32 heavy (non-hydrogen) atoms. The molecule has 0 aliphatic carbocycles. The van der Waals surface area contributed by atoms with Gasteiger partial charge in [0.2, 0.25) is 11.8 Å². The summed E-state index contributed by atoms with van der Waals surface area (Å²) in [5, 5.41) is 20.4. The van der Waals surface area contributed by atoms with Crippen LogP contribution in [0.2, 0.25) is 0 Å². The highest BCUT2D eigenvalue weighted by atomic mass is 19.4. The molecule has 0 saturated carbocycles. The Balaban J connectivity index is 1.61. The van der Waals surface area contributed by atoms with E-state index in [0.717, 1.165) is 16.5 Å². The number of nitrogens with zero attached hydrogens (tertiary/aromatic N) is 4. The molecule has 0 aliphatic rings. The summed E-state index contributed by atoms with van der Waals surface area (Å²) in [5.74, 6) is 0.663. The van der Waals surface area contributed by atoms with E-state index < -0.39 is 6.36 Å². The molecule has 2 heterocycles. The largest absolute Gasteiger partial charge is 0.573 e. The smallest absolute Gasteiger partial charge is 0.494 e.